The molecule has 1 amide bonds. The maximum absolute atomic E-state index is 11.2. The molecule has 0 aliphatic carbocycles. The number of ether oxygens (including phenoxy) is 1. The number of benzene rings is 1. The van der Waals surface area contributed by atoms with Crippen molar-refractivity contribution >= 4 is 11.6 Å². The number of amides is 1. The number of hydrogen-bond donors (Lipinski definition) is 1. The van der Waals surface area contributed by atoms with Crippen LogP contribution in [0.15, 0.2) is 36.5 Å². The average Bonchev–Trinajstić information content (AvgIpc) is 2.95. The molecule has 1 aromatic carbocycles. The van der Waals surface area contributed by atoms with E-state index < -0.39 is 5.91 Å². The van der Waals surface area contributed by atoms with Gasteiger partial charge in [-0.3, -0.25) is 9.78 Å². The molecule has 0 saturated carbocycles. The molecule has 0 unspecified atom stereocenters. The summed E-state index contributed by atoms with van der Waals surface area (Å²) in [5.41, 5.74) is 8.92. The zero-order valence-corrected chi connectivity index (χ0v) is 11.9. The van der Waals surface area contributed by atoms with E-state index in [9.17, 15) is 4.79 Å². The van der Waals surface area contributed by atoms with Gasteiger partial charge in [0.15, 0.2) is 0 Å². The molecule has 0 spiro atoms. The monoisotopic (exact) mass is 283 g/mol. The summed E-state index contributed by atoms with van der Waals surface area (Å²) in [6.07, 6.45) is 2.57. The molecule has 3 rings (SSSR count). The lowest BCUT2D eigenvalue weighted by molar-refractivity contribution is 0.0995. The Morgan fingerprint density at radius 2 is 2.24 bits per heavy atom. The number of aromatic nitrogens is 1. The second-order valence-electron chi connectivity index (χ2n) is 5.16. The van der Waals surface area contributed by atoms with Crippen LogP contribution in [-0.4, -0.2) is 24.5 Å². The first kappa shape index (κ1) is 13.4. The largest absolute Gasteiger partial charge is 0.493 e. The van der Waals surface area contributed by atoms with Crippen LogP contribution in [0.4, 0.5) is 5.69 Å². The lowest BCUT2D eigenvalue weighted by Gasteiger charge is -2.20. The van der Waals surface area contributed by atoms with E-state index in [1.165, 1.54) is 11.1 Å². The van der Waals surface area contributed by atoms with E-state index in [1.807, 2.05) is 19.2 Å². The van der Waals surface area contributed by atoms with Crippen molar-refractivity contribution in [3.05, 3.63) is 53.3 Å². The summed E-state index contributed by atoms with van der Waals surface area (Å²) in [6.45, 7) is 1.51. The Morgan fingerprint density at radius 1 is 1.38 bits per heavy atom. The molecule has 108 valence electrons. The number of fused-ring (bicyclic) bond motifs is 1. The normalized spacial score (nSPS) is 12.6. The van der Waals surface area contributed by atoms with E-state index in [0.717, 1.165) is 31.0 Å². The Morgan fingerprint density at radius 3 is 3.05 bits per heavy atom. The molecule has 0 radical (unpaired) electrons. The molecule has 2 aromatic rings. The first-order valence-electron chi connectivity index (χ1n) is 6.85. The van der Waals surface area contributed by atoms with E-state index >= 15 is 0 Å². The molecule has 0 saturated heterocycles. The van der Waals surface area contributed by atoms with Gasteiger partial charge < -0.3 is 15.4 Å². The van der Waals surface area contributed by atoms with E-state index in [-0.39, 0.29) is 5.69 Å². The Bertz CT molecular complexity index is 685. The molecular weight excluding hydrogens is 266 g/mol. The van der Waals surface area contributed by atoms with Crippen LogP contribution in [0, 0.1) is 0 Å². The second-order valence-corrected chi connectivity index (χ2v) is 5.16. The fourth-order valence-corrected chi connectivity index (χ4v) is 2.49. The van der Waals surface area contributed by atoms with Crippen molar-refractivity contribution in [2.24, 2.45) is 5.73 Å². The molecule has 5 nitrogen and oxygen atoms in total. The van der Waals surface area contributed by atoms with Crippen LogP contribution >= 0.6 is 0 Å². The predicted molar refractivity (Wildman–Crippen MR) is 80.5 cm³/mol. The van der Waals surface area contributed by atoms with Crippen LogP contribution in [0.2, 0.25) is 0 Å². The second kappa shape index (κ2) is 5.44. The fourth-order valence-electron chi connectivity index (χ4n) is 2.49. The minimum atomic E-state index is -0.514. The zero-order valence-electron chi connectivity index (χ0n) is 11.9. The minimum Gasteiger partial charge on any atom is -0.493 e. The van der Waals surface area contributed by atoms with Gasteiger partial charge in [0, 0.05) is 31.9 Å². The number of pyridine rings is 1. The van der Waals surface area contributed by atoms with Crippen molar-refractivity contribution in [3.8, 4) is 5.75 Å². The number of rotatable bonds is 4. The van der Waals surface area contributed by atoms with Crippen LogP contribution in [-0.2, 0) is 13.0 Å². The van der Waals surface area contributed by atoms with Crippen molar-refractivity contribution in [1.29, 1.82) is 0 Å². The van der Waals surface area contributed by atoms with Crippen molar-refractivity contribution in [1.82, 2.24) is 4.98 Å². The topological polar surface area (TPSA) is 68.4 Å². The summed E-state index contributed by atoms with van der Waals surface area (Å²) in [5.74, 6) is 0.473. The first-order valence-corrected chi connectivity index (χ1v) is 6.85. The lowest BCUT2D eigenvalue weighted by Crippen LogP contribution is -2.18. The van der Waals surface area contributed by atoms with Gasteiger partial charge in [-0.05, 0) is 29.3 Å². The number of nitrogens with zero attached hydrogens (tertiary/aromatic N) is 2. The van der Waals surface area contributed by atoms with Gasteiger partial charge in [-0.2, -0.15) is 0 Å². The maximum Gasteiger partial charge on any atom is 0.267 e. The number of anilines is 1. The number of primary amides is 1. The van der Waals surface area contributed by atoms with Crippen molar-refractivity contribution < 1.29 is 9.53 Å². The lowest BCUT2D eigenvalue weighted by atomic mass is 10.1. The molecule has 2 N–H and O–H groups in total. The molecule has 5 heteroatoms. The maximum atomic E-state index is 11.2. The Hall–Kier alpha value is -2.56. The molecule has 0 bridgehead atoms. The third-order valence-electron chi connectivity index (χ3n) is 3.61. The minimum absolute atomic E-state index is 0.279. The van der Waals surface area contributed by atoms with Crippen LogP contribution < -0.4 is 15.4 Å². The highest BCUT2D eigenvalue weighted by Crippen LogP contribution is 2.26. The van der Waals surface area contributed by atoms with Crippen molar-refractivity contribution in [3.63, 3.8) is 0 Å². The summed E-state index contributed by atoms with van der Waals surface area (Å²) in [6, 6.07) is 9.83. The van der Waals surface area contributed by atoms with E-state index in [2.05, 4.69) is 22.0 Å². The van der Waals surface area contributed by atoms with Crippen molar-refractivity contribution in [2.45, 2.75) is 13.0 Å². The average molecular weight is 283 g/mol. The SMILES string of the molecule is CN(Cc1ccc2c(c1)CCO2)c1ccnc(C(N)=O)c1. The first-order chi connectivity index (χ1) is 10.1. The quantitative estimate of drug-likeness (QED) is 0.928. The van der Waals surface area contributed by atoms with Gasteiger partial charge in [0.2, 0.25) is 0 Å². The molecule has 21 heavy (non-hydrogen) atoms. The summed E-state index contributed by atoms with van der Waals surface area (Å²) < 4.78 is 5.51. The molecule has 1 aliphatic rings. The van der Waals surface area contributed by atoms with Gasteiger partial charge in [0.1, 0.15) is 11.4 Å². The molecule has 1 aliphatic heterocycles. The van der Waals surface area contributed by atoms with Gasteiger partial charge in [0.05, 0.1) is 6.61 Å². The summed E-state index contributed by atoms with van der Waals surface area (Å²) in [4.78, 5) is 17.2. The highest BCUT2D eigenvalue weighted by Gasteiger charge is 2.13. The van der Waals surface area contributed by atoms with Crippen LogP contribution in [0.1, 0.15) is 21.6 Å². The molecule has 1 aromatic heterocycles. The fraction of sp³-hybridized carbons (Fsp3) is 0.250. The third-order valence-corrected chi connectivity index (χ3v) is 3.61. The van der Waals surface area contributed by atoms with Gasteiger partial charge in [0.25, 0.3) is 5.91 Å². The number of hydrogen-bond acceptors (Lipinski definition) is 4. The Balaban J connectivity index is 1.78. The predicted octanol–water partition coefficient (Wildman–Crippen LogP) is 1.75. The van der Waals surface area contributed by atoms with E-state index in [4.69, 9.17) is 10.5 Å². The number of nitrogens with two attached hydrogens (primary N) is 1. The molecule has 0 atom stereocenters. The van der Waals surface area contributed by atoms with Crippen LogP contribution in [0.25, 0.3) is 0 Å². The van der Waals surface area contributed by atoms with E-state index in [1.54, 1.807) is 12.3 Å². The smallest absolute Gasteiger partial charge is 0.267 e. The number of carbonyl (C=O) groups is 1. The van der Waals surface area contributed by atoms with Crippen molar-refractivity contribution in [2.75, 3.05) is 18.6 Å². The highest BCUT2D eigenvalue weighted by molar-refractivity contribution is 5.91. The zero-order chi connectivity index (χ0) is 14.8. The third kappa shape index (κ3) is 2.81. The summed E-state index contributed by atoms with van der Waals surface area (Å²) in [7, 11) is 1.98. The van der Waals surface area contributed by atoms with Crippen LogP contribution in [0.5, 0.6) is 5.75 Å². The van der Waals surface area contributed by atoms with Gasteiger partial charge >= 0.3 is 0 Å². The number of carbonyl (C=O) groups excluding carboxylic acids is 1. The molecule has 0 fully saturated rings. The highest BCUT2D eigenvalue weighted by atomic mass is 16.5. The van der Waals surface area contributed by atoms with Gasteiger partial charge in [-0.25, -0.2) is 0 Å². The van der Waals surface area contributed by atoms with Gasteiger partial charge in [-0.15, -0.1) is 0 Å². The van der Waals surface area contributed by atoms with Gasteiger partial charge in [-0.1, -0.05) is 12.1 Å². The van der Waals surface area contributed by atoms with E-state index in [0.29, 0.717) is 0 Å². The molecule has 2 heterocycles. The van der Waals surface area contributed by atoms with Crippen LogP contribution in [0.3, 0.4) is 0 Å². The Labute approximate surface area is 123 Å². The standard InChI is InChI=1S/C16H17N3O2/c1-19(13-4-6-18-14(9-13)16(17)20)10-11-2-3-15-12(8-11)5-7-21-15/h2-4,6,8-9H,5,7,10H2,1H3,(H2,17,20). The summed E-state index contributed by atoms with van der Waals surface area (Å²) in [5, 5.41) is 0. The summed E-state index contributed by atoms with van der Waals surface area (Å²) >= 11 is 0. The Kier molecular flexibility index (Phi) is 3.48. The molecular formula is C16H17N3O2.